The fourth-order valence-corrected chi connectivity index (χ4v) is 5.78. The summed E-state index contributed by atoms with van der Waals surface area (Å²) >= 11 is 0. The SMILES string of the molecule is CC#CCn1c(N2CCC[C@@H](N)C2)nc2c1c(=O)n(CCCN1CCN(c3nc(C4CC4)no3)CC1)c(=O)n2C. The van der Waals surface area contributed by atoms with Crippen molar-refractivity contribution in [3.63, 3.8) is 0 Å². The summed E-state index contributed by atoms with van der Waals surface area (Å²) in [6.45, 7) is 8.02. The number of nitrogens with two attached hydrogens (primary N) is 1. The zero-order valence-electron chi connectivity index (χ0n) is 23.4. The molecule has 0 spiro atoms. The summed E-state index contributed by atoms with van der Waals surface area (Å²) in [5.74, 6) is 7.96. The van der Waals surface area contributed by atoms with Gasteiger partial charge in [-0.25, -0.2) is 4.79 Å². The second-order valence-electron chi connectivity index (χ2n) is 11.1. The van der Waals surface area contributed by atoms with Gasteiger partial charge in [-0.2, -0.15) is 9.97 Å². The maximum Gasteiger partial charge on any atom is 0.332 e. The normalized spacial score (nSPS) is 20.2. The Bertz CT molecular complexity index is 1540. The van der Waals surface area contributed by atoms with Gasteiger partial charge in [0.05, 0.1) is 6.54 Å². The van der Waals surface area contributed by atoms with Crippen LogP contribution in [0.15, 0.2) is 14.1 Å². The number of fused-ring (bicyclic) bond motifs is 1. The van der Waals surface area contributed by atoms with Gasteiger partial charge in [0.1, 0.15) is 0 Å². The lowest BCUT2D eigenvalue weighted by atomic mass is 10.1. The molecule has 3 fully saturated rings. The summed E-state index contributed by atoms with van der Waals surface area (Å²) < 4.78 is 10.2. The van der Waals surface area contributed by atoms with Crippen molar-refractivity contribution < 1.29 is 4.52 Å². The van der Waals surface area contributed by atoms with Crippen LogP contribution in [-0.2, 0) is 20.1 Å². The highest BCUT2D eigenvalue weighted by atomic mass is 16.5. The number of piperazine rings is 1. The molecule has 3 aromatic rings. The molecule has 5 heterocycles. The van der Waals surface area contributed by atoms with Crippen molar-refractivity contribution in [3.8, 4) is 11.8 Å². The molecule has 0 bridgehead atoms. The molecule has 13 nitrogen and oxygen atoms in total. The second-order valence-corrected chi connectivity index (χ2v) is 11.1. The third kappa shape index (κ3) is 5.13. The number of hydrogen-bond donors (Lipinski definition) is 1. The third-order valence-electron chi connectivity index (χ3n) is 8.24. The van der Waals surface area contributed by atoms with Crippen LogP contribution in [0.25, 0.3) is 11.2 Å². The largest absolute Gasteiger partial charge is 0.341 e. The van der Waals surface area contributed by atoms with E-state index in [-0.39, 0.29) is 17.3 Å². The Balaban J connectivity index is 1.16. The molecule has 13 heteroatoms. The first-order valence-corrected chi connectivity index (χ1v) is 14.4. The highest BCUT2D eigenvalue weighted by Crippen LogP contribution is 2.38. The van der Waals surface area contributed by atoms with Crippen LogP contribution in [0.1, 0.15) is 50.8 Å². The maximum atomic E-state index is 13.7. The summed E-state index contributed by atoms with van der Waals surface area (Å²) in [6, 6.07) is 0.661. The molecule has 3 aromatic heterocycles. The summed E-state index contributed by atoms with van der Waals surface area (Å²) in [7, 11) is 1.68. The first-order chi connectivity index (χ1) is 19.4. The number of nitrogens with zero attached hydrogens (tertiary/aromatic N) is 9. The van der Waals surface area contributed by atoms with Crippen LogP contribution in [0.5, 0.6) is 0 Å². The minimum atomic E-state index is -0.349. The van der Waals surface area contributed by atoms with Gasteiger partial charge in [-0.1, -0.05) is 11.1 Å². The molecule has 1 saturated carbocycles. The van der Waals surface area contributed by atoms with Crippen LogP contribution >= 0.6 is 0 Å². The predicted molar refractivity (Wildman–Crippen MR) is 152 cm³/mol. The van der Waals surface area contributed by atoms with Crippen molar-refractivity contribution in [2.75, 3.05) is 55.6 Å². The van der Waals surface area contributed by atoms with Crippen LogP contribution in [0.3, 0.4) is 0 Å². The van der Waals surface area contributed by atoms with Gasteiger partial charge in [-0.15, -0.1) is 5.92 Å². The van der Waals surface area contributed by atoms with Crippen molar-refractivity contribution in [2.24, 2.45) is 12.8 Å². The highest BCUT2D eigenvalue weighted by Gasteiger charge is 2.31. The van der Waals surface area contributed by atoms with Crippen LogP contribution in [0.2, 0.25) is 0 Å². The van der Waals surface area contributed by atoms with Gasteiger partial charge in [-0.3, -0.25) is 23.4 Å². The Morgan fingerprint density at radius 3 is 2.52 bits per heavy atom. The van der Waals surface area contributed by atoms with Gasteiger partial charge in [0.2, 0.25) is 5.95 Å². The molecule has 0 radical (unpaired) electrons. The highest BCUT2D eigenvalue weighted by molar-refractivity contribution is 5.75. The molecule has 214 valence electrons. The van der Waals surface area contributed by atoms with Crippen LogP contribution < -0.4 is 26.8 Å². The molecule has 6 rings (SSSR count). The number of imidazole rings is 1. The Kier molecular flexibility index (Phi) is 7.37. The molecule has 0 aromatic carbocycles. The smallest absolute Gasteiger partial charge is 0.332 e. The van der Waals surface area contributed by atoms with Crippen molar-refractivity contribution in [3.05, 3.63) is 26.7 Å². The van der Waals surface area contributed by atoms with Gasteiger partial charge < -0.3 is 20.1 Å². The lowest BCUT2D eigenvalue weighted by Crippen LogP contribution is -2.47. The molecule has 2 aliphatic heterocycles. The first-order valence-electron chi connectivity index (χ1n) is 14.4. The van der Waals surface area contributed by atoms with Gasteiger partial charge in [0, 0.05) is 64.8 Å². The number of aryl methyl sites for hydroxylation is 1. The molecule has 2 saturated heterocycles. The summed E-state index contributed by atoms with van der Waals surface area (Å²) in [5, 5.41) is 4.13. The predicted octanol–water partition coefficient (Wildman–Crippen LogP) is 0.320. The fraction of sp³-hybridized carbons (Fsp3) is 0.667. The second kappa shape index (κ2) is 11.1. The number of aromatic nitrogens is 6. The molecule has 40 heavy (non-hydrogen) atoms. The van der Waals surface area contributed by atoms with E-state index in [4.69, 9.17) is 15.2 Å². The molecule has 1 atom stereocenters. The van der Waals surface area contributed by atoms with Crippen molar-refractivity contribution in [1.29, 1.82) is 0 Å². The summed E-state index contributed by atoms with van der Waals surface area (Å²) in [6.07, 6.45) is 4.90. The molecular formula is C27H38N10O3. The molecule has 1 aliphatic carbocycles. The van der Waals surface area contributed by atoms with Crippen molar-refractivity contribution in [1.82, 2.24) is 33.7 Å². The number of anilines is 2. The van der Waals surface area contributed by atoms with E-state index >= 15 is 0 Å². The molecule has 2 N–H and O–H groups in total. The lowest BCUT2D eigenvalue weighted by Gasteiger charge is -2.33. The Hall–Kier alpha value is -3.63. The first kappa shape index (κ1) is 26.6. The minimum absolute atomic E-state index is 0.0499. The monoisotopic (exact) mass is 550 g/mol. The van der Waals surface area contributed by atoms with Gasteiger partial charge in [-0.05, 0) is 45.6 Å². The number of piperidine rings is 1. The van der Waals surface area contributed by atoms with Gasteiger partial charge in [0.25, 0.3) is 5.56 Å². The lowest BCUT2D eigenvalue weighted by molar-refractivity contribution is 0.242. The van der Waals surface area contributed by atoms with Gasteiger partial charge >= 0.3 is 11.7 Å². The van der Waals surface area contributed by atoms with Gasteiger partial charge in [0.15, 0.2) is 17.0 Å². The summed E-state index contributed by atoms with van der Waals surface area (Å²) in [5.41, 5.74) is 6.38. The Morgan fingerprint density at radius 1 is 1.00 bits per heavy atom. The van der Waals surface area contributed by atoms with E-state index in [1.54, 1.807) is 14.0 Å². The van der Waals surface area contributed by atoms with Crippen LogP contribution in [0, 0.1) is 11.8 Å². The maximum absolute atomic E-state index is 13.7. The standard InChI is InChI=1S/C27H38N10O3/c1-3-4-12-36-21-23(30-25(36)35-11-5-7-20(28)18-35)32(2)27(39)37(24(21)38)13-6-10-33-14-16-34(17-15-33)26-29-22(31-40-26)19-8-9-19/h19-20H,5-18,28H2,1-2H3/t20-/m1/s1. The zero-order chi connectivity index (χ0) is 27.8. The van der Waals surface area contributed by atoms with E-state index in [2.05, 4.69) is 36.7 Å². The van der Waals surface area contributed by atoms with E-state index in [1.165, 1.54) is 9.13 Å². The Labute approximate surface area is 232 Å². The third-order valence-corrected chi connectivity index (χ3v) is 8.24. The number of hydrogen-bond acceptors (Lipinski definition) is 10. The number of rotatable bonds is 8. The topological polar surface area (TPSA) is 136 Å². The zero-order valence-corrected chi connectivity index (χ0v) is 23.4. The summed E-state index contributed by atoms with van der Waals surface area (Å²) in [4.78, 5) is 42.9. The van der Waals surface area contributed by atoms with E-state index in [9.17, 15) is 9.59 Å². The van der Waals surface area contributed by atoms with E-state index in [0.717, 1.165) is 70.8 Å². The van der Waals surface area contributed by atoms with E-state index < -0.39 is 0 Å². The Morgan fingerprint density at radius 2 is 1.80 bits per heavy atom. The van der Waals surface area contributed by atoms with Crippen molar-refractivity contribution in [2.45, 2.75) is 64.1 Å². The minimum Gasteiger partial charge on any atom is -0.341 e. The molecule has 3 aliphatic rings. The van der Waals surface area contributed by atoms with E-state index in [0.29, 0.717) is 55.1 Å². The van der Waals surface area contributed by atoms with E-state index in [1.807, 2.05) is 4.57 Å². The van der Waals surface area contributed by atoms with Crippen molar-refractivity contribution >= 4 is 23.1 Å². The van der Waals surface area contributed by atoms with Crippen LogP contribution in [0.4, 0.5) is 12.0 Å². The molecule has 0 unspecified atom stereocenters. The average molecular weight is 551 g/mol. The quantitative estimate of drug-likeness (QED) is 0.391. The molecule has 0 amide bonds. The van der Waals surface area contributed by atoms with Crippen LogP contribution in [-0.4, -0.2) is 85.6 Å². The molecular weight excluding hydrogens is 512 g/mol. The fourth-order valence-electron chi connectivity index (χ4n) is 5.78. The average Bonchev–Trinajstić information content (AvgIpc) is 3.56.